The molecule has 0 spiro atoms. The van der Waals surface area contributed by atoms with Gasteiger partial charge in [0.15, 0.2) is 17.3 Å². The molecular formula is C18H17FO4. The van der Waals surface area contributed by atoms with Crippen LogP contribution >= 0.6 is 0 Å². The van der Waals surface area contributed by atoms with Gasteiger partial charge in [-0.1, -0.05) is 18.2 Å². The zero-order valence-corrected chi connectivity index (χ0v) is 13.1. The quantitative estimate of drug-likeness (QED) is 0.601. The second kappa shape index (κ2) is 7.45. The van der Waals surface area contributed by atoms with Gasteiger partial charge in [-0.05, 0) is 35.9 Å². The van der Waals surface area contributed by atoms with Crippen molar-refractivity contribution in [1.82, 2.24) is 0 Å². The Morgan fingerprint density at radius 3 is 2.13 bits per heavy atom. The minimum Gasteiger partial charge on any atom is -0.493 e. The average Bonchev–Trinajstić information content (AvgIpc) is 2.59. The summed E-state index contributed by atoms with van der Waals surface area (Å²) in [6.45, 7) is 0. The third-order valence-electron chi connectivity index (χ3n) is 3.27. The smallest absolute Gasteiger partial charge is 0.204 e. The molecule has 0 aliphatic heterocycles. The van der Waals surface area contributed by atoms with Crippen LogP contribution in [-0.2, 0) is 0 Å². The maximum atomic E-state index is 12.9. The maximum Gasteiger partial charge on any atom is 0.204 e. The highest BCUT2D eigenvalue weighted by atomic mass is 19.1. The van der Waals surface area contributed by atoms with Crippen LogP contribution in [0.5, 0.6) is 17.2 Å². The summed E-state index contributed by atoms with van der Waals surface area (Å²) >= 11 is 0. The molecule has 2 rings (SSSR count). The summed E-state index contributed by atoms with van der Waals surface area (Å²) in [6.07, 6.45) is 3.01. The van der Waals surface area contributed by atoms with Crippen molar-refractivity contribution in [2.45, 2.75) is 0 Å². The van der Waals surface area contributed by atoms with Gasteiger partial charge in [0.05, 0.1) is 26.9 Å². The molecule has 0 atom stereocenters. The van der Waals surface area contributed by atoms with Crippen molar-refractivity contribution in [2.24, 2.45) is 0 Å². The first-order chi connectivity index (χ1) is 11.1. The van der Waals surface area contributed by atoms with E-state index in [2.05, 4.69) is 0 Å². The second-order valence-electron chi connectivity index (χ2n) is 4.63. The SMILES string of the molecule is COc1ccc(C(=O)C=Cc2ccc(F)cc2)c(OC)c1OC. The first-order valence-electron chi connectivity index (χ1n) is 6.87. The minimum atomic E-state index is -0.324. The number of halogens is 1. The molecule has 0 radical (unpaired) electrons. The molecule has 0 saturated carbocycles. The Morgan fingerprint density at radius 1 is 0.913 bits per heavy atom. The fourth-order valence-electron chi connectivity index (χ4n) is 2.13. The lowest BCUT2D eigenvalue weighted by molar-refractivity contribution is 0.104. The third-order valence-corrected chi connectivity index (χ3v) is 3.27. The third kappa shape index (κ3) is 3.69. The van der Waals surface area contributed by atoms with Crippen LogP contribution in [0, 0.1) is 5.82 Å². The Hall–Kier alpha value is -2.82. The molecule has 5 heteroatoms. The molecule has 0 N–H and O–H groups in total. The lowest BCUT2D eigenvalue weighted by atomic mass is 10.1. The molecule has 0 amide bonds. The van der Waals surface area contributed by atoms with E-state index in [1.165, 1.54) is 39.5 Å². The minimum absolute atomic E-state index is 0.257. The first-order valence-corrected chi connectivity index (χ1v) is 6.87. The summed E-state index contributed by atoms with van der Waals surface area (Å²) in [5, 5.41) is 0. The molecule has 0 aromatic heterocycles. The molecule has 0 bridgehead atoms. The van der Waals surface area contributed by atoms with Gasteiger partial charge in [-0.25, -0.2) is 4.39 Å². The molecular weight excluding hydrogens is 299 g/mol. The van der Waals surface area contributed by atoms with Crippen LogP contribution in [-0.4, -0.2) is 27.1 Å². The van der Waals surface area contributed by atoms with Crippen molar-refractivity contribution < 1.29 is 23.4 Å². The summed E-state index contributed by atoms with van der Waals surface area (Å²) in [5.74, 6) is 0.558. The number of ether oxygens (including phenoxy) is 3. The summed E-state index contributed by atoms with van der Waals surface area (Å²) in [6, 6.07) is 9.09. The number of carbonyl (C=O) groups is 1. The Kier molecular flexibility index (Phi) is 5.36. The molecule has 0 aliphatic carbocycles. The van der Waals surface area contributed by atoms with Crippen LogP contribution in [0.2, 0.25) is 0 Å². The molecule has 23 heavy (non-hydrogen) atoms. The Labute approximate surface area is 134 Å². The Bertz CT molecular complexity index is 721. The van der Waals surface area contributed by atoms with Gasteiger partial charge in [0.2, 0.25) is 5.75 Å². The van der Waals surface area contributed by atoms with E-state index in [4.69, 9.17) is 14.2 Å². The number of hydrogen-bond donors (Lipinski definition) is 0. The van der Waals surface area contributed by atoms with Crippen LogP contribution in [0.25, 0.3) is 6.08 Å². The van der Waals surface area contributed by atoms with Crippen LogP contribution in [0.1, 0.15) is 15.9 Å². The predicted molar refractivity (Wildman–Crippen MR) is 85.9 cm³/mol. The van der Waals surface area contributed by atoms with E-state index in [0.717, 1.165) is 5.56 Å². The molecule has 2 aromatic rings. The number of methoxy groups -OCH3 is 3. The van der Waals surface area contributed by atoms with Gasteiger partial charge in [-0.3, -0.25) is 4.79 Å². The van der Waals surface area contributed by atoms with Crippen LogP contribution in [0.4, 0.5) is 4.39 Å². The van der Waals surface area contributed by atoms with Gasteiger partial charge in [-0.2, -0.15) is 0 Å². The van der Waals surface area contributed by atoms with Crippen LogP contribution in [0.15, 0.2) is 42.5 Å². The molecule has 0 unspecified atom stereocenters. The van der Waals surface area contributed by atoms with Crippen molar-refractivity contribution in [2.75, 3.05) is 21.3 Å². The molecule has 120 valence electrons. The number of allylic oxidation sites excluding steroid dienone is 1. The highest BCUT2D eigenvalue weighted by Gasteiger charge is 2.19. The van der Waals surface area contributed by atoms with E-state index >= 15 is 0 Å². The van der Waals surface area contributed by atoms with E-state index in [1.54, 1.807) is 30.3 Å². The van der Waals surface area contributed by atoms with E-state index in [-0.39, 0.29) is 11.6 Å². The number of benzene rings is 2. The zero-order chi connectivity index (χ0) is 16.8. The van der Waals surface area contributed by atoms with E-state index < -0.39 is 0 Å². The standard InChI is InChI=1S/C18H17FO4/c1-21-16-11-9-14(17(22-2)18(16)23-3)15(20)10-6-12-4-7-13(19)8-5-12/h4-11H,1-3H3. The second-order valence-corrected chi connectivity index (χ2v) is 4.63. The molecule has 0 saturated heterocycles. The van der Waals surface area contributed by atoms with Crippen LogP contribution < -0.4 is 14.2 Å². The summed E-state index contributed by atoms with van der Waals surface area (Å²) in [4.78, 5) is 12.4. The number of ketones is 1. The van der Waals surface area contributed by atoms with Gasteiger partial charge in [0, 0.05) is 0 Å². The van der Waals surface area contributed by atoms with Crippen molar-refractivity contribution >= 4 is 11.9 Å². The highest BCUT2D eigenvalue weighted by Crippen LogP contribution is 2.39. The highest BCUT2D eigenvalue weighted by molar-refractivity contribution is 6.09. The topological polar surface area (TPSA) is 44.8 Å². The lowest BCUT2D eigenvalue weighted by Crippen LogP contribution is -2.02. The van der Waals surface area contributed by atoms with Gasteiger partial charge in [0.25, 0.3) is 0 Å². The molecule has 0 aliphatic rings. The molecule has 2 aromatic carbocycles. The van der Waals surface area contributed by atoms with Crippen molar-refractivity contribution in [3.63, 3.8) is 0 Å². The first kappa shape index (κ1) is 16.5. The average molecular weight is 316 g/mol. The number of hydrogen-bond acceptors (Lipinski definition) is 4. The van der Waals surface area contributed by atoms with Gasteiger partial charge in [0.1, 0.15) is 5.82 Å². The fraction of sp³-hybridized carbons (Fsp3) is 0.167. The normalized spacial score (nSPS) is 10.6. The Morgan fingerprint density at radius 2 is 1.57 bits per heavy atom. The fourth-order valence-corrected chi connectivity index (χ4v) is 2.13. The van der Waals surface area contributed by atoms with Gasteiger partial charge in [-0.15, -0.1) is 0 Å². The van der Waals surface area contributed by atoms with Crippen molar-refractivity contribution in [3.05, 3.63) is 59.4 Å². The van der Waals surface area contributed by atoms with Gasteiger partial charge >= 0.3 is 0 Å². The predicted octanol–water partition coefficient (Wildman–Crippen LogP) is 3.75. The summed E-state index contributed by atoms with van der Waals surface area (Å²) in [5.41, 5.74) is 1.07. The van der Waals surface area contributed by atoms with Crippen molar-refractivity contribution in [3.8, 4) is 17.2 Å². The lowest BCUT2D eigenvalue weighted by Gasteiger charge is -2.14. The van der Waals surface area contributed by atoms with E-state index in [0.29, 0.717) is 22.8 Å². The van der Waals surface area contributed by atoms with Crippen LogP contribution in [0.3, 0.4) is 0 Å². The molecule has 4 nitrogen and oxygen atoms in total. The van der Waals surface area contributed by atoms with E-state index in [9.17, 15) is 9.18 Å². The zero-order valence-electron chi connectivity index (χ0n) is 13.1. The monoisotopic (exact) mass is 316 g/mol. The summed E-state index contributed by atoms with van der Waals surface area (Å²) < 4.78 is 28.6. The maximum absolute atomic E-state index is 12.9. The van der Waals surface area contributed by atoms with Crippen molar-refractivity contribution in [1.29, 1.82) is 0 Å². The summed E-state index contributed by atoms with van der Waals surface area (Å²) in [7, 11) is 4.44. The molecule has 0 heterocycles. The Balaban J connectivity index is 2.33. The van der Waals surface area contributed by atoms with E-state index in [1.807, 2.05) is 0 Å². The largest absolute Gasteiger partial charge is 0.493 e. The number of rotatable bonds is 6. The number of carbonyl (C=O) groups excluding carboxylic acids is 1. The molecule has 0 fully saturated rings. The van der Waals surface area contributed by atoms with Gasteiger partial charge < -0.3 is 14.2 Å².